The number of allylic oxidation sites excluding steroid dienone is 1. The molecule has 4 rings (SSSR count). The summed E-state index contributed by atoms with van der Waals surface area (Å²) in [6.07, 6.45) is 3.16. The molecule has 9 nitrogen and oxygen atoms in total. The highest BCUT2D eigenvalue weighted by molar-refractivity contribution is 7.88. The lowest BCUT2D eigenvalue weighted by molar-refractivity contribution is -0.113. The van der Waals surface area contributed by atoms with Crippen LogP contribution in [-0.4, -0.2) is 48.3 Å². The fourth-order valence-electron chi connectivity index (χ4n) is 3.33. The number of rotatable bonds is 6. The second-order valence-electron chi connectivity index (χ2n) is 7.49. The monoisotopic (exact) mass is 465 g/mol. The number of amides is 1. The van der Waals surface area contributed by atoms with Gasteiger partial charge in [0.2, 0.25) is 0 Å². The van der Waals surface area contributed by atoms with Gasteiger partial charge >= 0.3 is 10.2 Å². The molecule has 1 aromatic heterocycles. The normalized spacial score (nSPS) is 14.9. The zero-order valence-electron chi connectivity index (χ0n) is 18.4. The smallest absolute Gasteiger partial charge is 0.345 e. The maximum atomic E-state index is 13.0. The van der Waals surface area contributed by atoms with E-state index >= 15 is 0 Å². The van der Waals surface area contributed by atoms with Crippen LogP contribution in [-0.2, 0) is 21.5 Å². The van der Waals surface area contributed by atoms with E-state index in [1.54, 1.807) is 41.2 Å². The first-order valence-corrected chi connectivity index (χ1v) is 11.5. The van der Waals surface area contributed by atoms with Gasteiger partial charge in [0, 0.05) is 24.9 Å². The number of ether oxygens (including phenoxy) is 1. The highest BCUT2D eigenvalue weighted by atomic mass is 32.2. The minimum Gasteiger partial charge on any atom is -0.496 e. The summed E-state index contributed by atoms with van der Waals surface area (Å²) in [5.74, 6) is 0.131. The minimum atomic E-state index is -4.10. The molecular weight excluding hydrogens is 442 g/mol. The molecule has 2 heterocycles. The van der Waals surface area contributed by atoms with Gasteiger partial charge in [-0.2, -0.15) is 13.5 Å². The van der Waals surface area contributed by atoms with Crippen LogP contribution in [0, 0.1) is 6.92 Å². The maximum Gasteiger partial charge on any atom is 0.345 e. The average Bonchev–Trinajstić information content (AvgIpc) is 3.23. The Morgan fingerprint density at radius 1 is 1.09 bits per heavy atom. The summed E-state index contributed by atoms with van der Waals surface area (Å²) in [6, 6.07) is 16.6. The lowest BCUT2D eigenvalue weighted by Gasteiger charge is -2.23. The van der Waals surface area contributed by atoms with Crippen LogP contribution in [0.5, 0.6) is 5.75 Å². The van der Waals surface area contributed by atoms with E-state index in [9.17, 15) is 13.2 Å². The van der Waals surface area contributed by atoms with E-state index in [0.29, 0.717) is 23.7 Å². The molecule has 0 radical (unpaired) electrons. The summed E-state index contributed by atoms with van der Waals surface area (Å²) >= 11 is 0. The Bertz CT molecular complexity index is 1360. The molecule has 0 bridgehead atoms. The number of aromatic nitrogens is 2. The first-order chi connectivity index (χ1) is 15.8. The van der Waals surface area contributed by atoms with Crippen LogP contribution in [0.2, 0.25) is 0 Å². The summed E-state index contributed by atoms with van der Waals surface area (Å²) in [7, 11) is -1.34. The molecule has 0 saturated carbocycles. The minimum absolute atomic E-state index is 0.0843. The van der Waals surface area contributed by atoms with Gasteiger partial charge in [0.25, 0.3) is 5.91 Å². The van der Waals surface area contributed by atoms with Gasteiger partial charge in [0.1, 0.15) is 11.4 Å². The Morgan fingerprint density at radius 2 is 1.82 bits per heavy atom. The molecular formula is C23H23N5O4S. The second-order valence-corrected chi connectivity index (χ2v) is 9.12. The van der Waals surface area contributed by atoms with Crippen molar-refractivity contribution in [3.05, 3.63) is 89.3 Å². The Labute approximate surface area is 192 Å². The van der Waals surface area contributed by atoms with E-state index in [-0.39, 0.29) is 11.4 Å². The molecule has 0 unspecified atom stereocenters. The zero-order valence-corrected chi connectivity index (χ0v) is 19.2. The summed E-state index contributed by atoms with van der Waals surface area (Å²) in [5.41, 5.74) is 2.73. The molecule has 1 amide bonds. The SMILES string of the molecule is COc1ccccc1C1=NS(=O)(=O)N(C)C(C(=O)Nc2ccn(Cc3ccc(C)cc3)n2)=C1. The van der Waals surface area contributed by atoms with Gasteiger partial charge in [-0.25, -0.2) is 4.31 Å². The number of carbonyl (C=O) groups excluding carboxylic acids is 1. The molecule has 0 spiro atoms. The number of benzene rings is 2. The van der Waals surface area contributed by atoms with Crippen molar-refractivity contribution in [1.29, 1.82) is 0 Å². The molecule has 1 aliphatic heterocycles. The Hall–Kier alpha value is -3.92. The molecule has 2 aromatic carbocycles. The standard InChI is InChI=1S/C23H23N5O4S/c1-16-8-10-17(11-9-16)15-28-13-12-22(25-28)24-23(29)20-14-19(26-33(30,31)27(20)2)18-6-4-5-7-21(18)32-3/h4-14H,15H2,1-3H3,(H,24,25,29). The zero-order chi connectivity index (χ0) is 23.6. The molecule has 10 heteroatoms. The van der Waals surface area contributed by atoms with Crippen molar-refractivity contribution in [2.24, 2.45) is 4.40 Å². The van der Waals surface area contributed by atoms with E-state index in [2.05, 4.69) is 14.8 Å². The van der Waals surface area contributed by atoms with Gasteiger partial charge in [0.05, 0.1) is 19.4 Å². The largest absolute Gasteiger partial charge is 0.496 e. The average molecular weight is 466 g/mol. The fraction of sp³-hybridized carbons (Fsp3) is 0.174. The van der Waals surface area contributed by atoms with Crippen LogP contribution in [0.15, 0.2) is 77.0 Å². The maximum absolute atomic E-state index is 13.0. The van der Waals surface area contributed by atoms with Crippen LogP contribution in [0.4, 0.5) is 5.82 Å². The molecule has 1 N–H and O–H groups in total. The van der Waals surface area contributed by atoms with Crippen molar-refractivity contribution >= 4 is 27.6 Å². The van der Waals surface area contributed by atoms with Crippen molar-refractivity contribution < 1.29 is 17.9 Å². The first kappa shape index (κ1) is 22.3. The first-order valence-electron chi connectivity index (χ1n) is 10.1. The Kier molecular flexibility index (Phi) is 6.01. The van der Waals surface area contributed by atoms with Crippen LogP contribution < -0.4 is 10.1 Å². The lowest BCUT2D eigenvalue weighted by Crippen LogP contribution is -2.35. The third kappa shape index (κ3) is 4.80. The molecule has 0 atom stereocenters. The van der Waals surface area contributed by atoms with Crippen LogP contribution in [0.1, 0.15) is 16.7 Å². The molecule has 0 saturated heterocycles. The number of methoxy groups -OCH3 is 1. The van der Waals surface area contributed by atoms with Gasteiger partial charge in [-0.05, 0) is 30.7 Å². The molecule has 3 aromatic rings. The summed E-state index contributed by atoms with van der Waals surface area (Å²) in [5, 5.41) is 7.03. The number of hydrogen-bond acceptors (Lipinski definition) is 5. The second kappa shape index (κ2) is 8.91. The third-order valence-corrected chi connectivity index (χ3v) is 6.45. The fourth-order valence-corrected chi connectivity index (χ4v) is 4.23. The number of nitrogens with one attached hydrogen (secondary N) is 1. The van der Waals surface area contributed by atoms with Gasteiger partial charge in [-0.15, -0.1) is 4.40 Å². The topological polar surface area (TPSA) is 106 Å². The van der Waals surface area contributed by atoms with E-state index in [1.165, 1.54) is 25.8 Å². The van der Waals surface area contributed by atoms with E-state index in [1.807, 2.05) is 31.2 Å². The third-order valence-electron chi connectivity index (χ3n) is 5.14. The summed E-state index contributed by atoms with van der Waals surface area (Å²) < 4.78 is 36.9. The van der Waals surface area contributed by atoms with Crippen molar-refractivity contribution in [3.8, 4) is 5.75 Å². The number of carbonyl (C=O) groups is 1. The lowest BCUT2D eigenvalue weighted by atomic mass is 10.1. The van der Waals surface area contributed by atoms with Crippen molar-refractivity contribution in [1.82, 2.24) is 14.1 Å². The van der Waals surface area contributed by atoms with Crippen LogP contribution in [0.25, 0.3) is 0 Å². The molecule has 0 fully saturated rings. The molecule has 0 aliphatic carbocycles. The number of anilines is 1. The molecule has 1 aliphatic rings. The summed E-state index contributed by atoms with van der Waals surface area (Å²) in [4.78, 5) is 13.0. The van der Waals surface area contributed by atoms with E-state index in [4.69, 9.17) is 4.74 Å². The summed E-state index contributed by atoms with van der Waals surface area (Å²) in [6.45, 7) is 2.56. The van der Waals surface area contributed by atoms with E-state index < -0.39 is 16.1 Å². The highest BCUT2D eigenvalue weighted by Gasteiger charge is 2.31. The molecule has 170 valence electrons. The quantitative estimate of drug-likeness (QED) is 0.603. The predicted molar refractivity (Wildman–Crippen MR) is 125 cm³/mol. The Morgan fingerprint density at radius 3 is 2.55 bits per heavy atom. The van der Waals surface area contributed by atoms with E-state index in [0.717, 1.165) is 9.87 Å². The van der Waals surface area contributed by atoms with Crippen molar-refractivity contribution in [3.63, 3.8) is 0 Å². The van der Waals surface area contributed by atoms with Crippen molar-refractivity contribution in [2.45, 2.75) is 13.5 Å². The predicted octanol–water partition coefficient (Wildman–Crippen LogP) is 2.75. The number of aryl methyl sites for hydroxylation is 1. The Balaban J connectivity index is 1.57. The molecule has 33 heavy (non-hydrogen) atoms. The number of nitrogens with zero attached hydrogens (tertiary/aromatic N) is 4. The van der Waals surface area contributed by atoms with Gasteiger partial charge < -0.3 is 10.1 Å². The van der Waals surface area contributed by atoms with Crippen molar-refractivity contribution in [2.75, 3.05) is 19.5 Å². The number of para-hydroxylation sites is 1. The number of hydrogen-bond donors (Lipinski definition) is 1. The van der Waals surface area contributed by atoms with Gasteiger partial charge in [-0.3, -0.25) is 9.48 Å². The van der Waals surface area contributed by atoms with Crippen LogP contribution in [0.3, 0.4) is 0 Å². The van der Waals surface area contributed by atoms with Gasteiger partial charge in [-0.1, -0.05) is 42.0 Å². The van der Waals surface area contributed by atoms with Gasteiger partial charge in [0.15, 0.2) is 5.82 Å². The highest BCUT2D eigenvalue weighted by Crippen LogP contribution is 2.25. The van der Waals surface area contributed by atoms with Crippen LogP contribution >= 0.6 is 0 Å². The number of likely N-dealkylation sites (N-methyl/N-ethyl adjacent to an activating group) is 1.